The molecule has 0 atom stereocenters. The lowest BCUT2D eigenvalue weighted by molar-refractivity contribution is 1.32. The Hall–Kier alpha value is -2.35. The van der Waals surface area contributed by atoms with E-state index in [4.69, 9.17) is 10.7 Å². The Morgan fingerprint density at radius 1 is 0.895 bits per heavy atom. The summed E-state index contributed by atoms with van der Waals surface area (Å²) in [5.74, 6) is 0. The lowest BCUT2D eigenvalue weighted by Gasteiger charge is -2.08. The molecule has 2 N–H and O–H groups in total. The molecule has 94 valence electrons. The molecule has 3 rings (SSSR count). The Bertz CT molecular complexity index is 760. The topological polar surface area (TPSA) is 38.9 Å². The van der Waals surface area contributed by atoms with Gasteiger partial charge in [0.15, 0.2) is 0 Å². The molecule has 0 aliphatic carbocycles. The Morgan fingerprint density at radius 2 is 1.68 bits per heavy atom. The van der Waals surface area contributed by atoms with E-state index in [1.807, 2.05) is 30.3 Å². The Labute approximate surface area is 112 Å². The number of pyridine rings is 1. The molecule has 0 saturated carbocycles. The van der Waals surface area contributed by atoms with Crippen LogP contribution in [0.2, 0.25) is 0 Å². The predicted octanol–water partition coefficient (Wildman–Crippen LogP) is 4.10. The van der Waals surface area contributed by atoms with Gasteiger partial charge in [-0.3, -0.25) is 0 Å². The first-order valence-corrected chi connectivity index (χ1v) is 6.38. The molecule has 1 heterocycles. The first kappa shape index (κ1) is 11.7. The van der Waals surface area contributed by atoms with Crippen molar-refractivity contribution in [2.45, 2.75) is 13.8 Å². The molecule has 0 saturated heterocycles. The summed E-state index contributed by atoms with van der Waals surface area (Å²) in [5.41, 5.74) is 12.4. The standard InChI is InChI=1S/C17H16N2/c1-11-7-8-13(9-12(11)2)17-10-15(18)14-5-3-4-6-16(14)19-17/h3-10H,1-2H3,(H2,18,19). The fourth-order valence-corrected chi connectivity index (χ4v) is 2.25. The van der Waals surface area contributed by atoms with E-state index in [9.17, 15) is 0 Å². The third-order valence-corrected chi connectivity index (χ3v) is 3.55. The zero-order valence-electron chi connectivity index (χ0n) is 11.1. The van der Waals surface area contributed by atoms with Gasteiger partial charge in [-0.2, -0.15) is 0 Å². The van der Waals surface area contributed by atoms with Crippen LogP contribution in [-0.4, -0.2) is 4.98 Å². The second-order valence-corrected chi connectivity index (χ2v) is 4.91. The van der Waals surface area contributed by atoms with E-state index in [-0.39, 0.29) is 0 Å². The molecule has 2 aromatic carbocycles. The first-order chi connectivity index (χ1) is 9.15. The summed E-state index contributed by atoms with van der Waals surface area (Å²) in [6, 6.07) is 16.3. The van der Waals surface area contributed by atoms with E-state index in [0.717, 1.165) is 27.8 Å². The van der Waals surface area contributed by atoms with Crippen molar-refractivity contribution in [3.63, 3.8) is 0 Å². The van der Waals surface area contributed by atoms with E-state index < -0.39 is 0 Å². The molecule has 0 radical (unpaired) electrons. The number of aromatic nitrogens is 1. The summed E-state index contributed by atoms with van der Waals surface area (Å²) in [6.45, 7) is 4.23. The van der Waals surface area contributed by atoms with Gasteiger partial charge in [-0.25, -0.2) is 4.98 Å². The number of anilines is 1. The highest BCUT2D eigenvalue weighted by Gasteiger charge is 2.06. The summed E-state index contributed by atoms with van der Waals surface area (Å²) in [4.78, 5) is 4.70. The molecule has 0 unspecified atom stereocenters. The lowest BCUT2D eigenvalue weighted by Crippen LogP contribution is -1.93. The van der Waals surface area contributed by atoms with E-state index in [1.54, 1.807) is 0 Å². The summed E-state index contributed by atoms with van der Waals surface area (Å²) in [5, 5.41) is 1.01. The van der Waals surface area contributed by atoms with Crippen molar-refractivity contribution in [2.75, 3.05) is 5.73 Å². The van der Waals surface area contributed by atoms with Crippen LogP contribution in [-0.2, 0) is 0 Å². The number of nitrogens with zero attached hydrogens (tertiary/aromatic N) is 1. The minimum absolute atomic E-state index is 0.777. The smallest absolute Gasteiger partial charge is 0.0730 e. The number of fused-ring (bicyclic) bond motifs is 1. The quantitative estimate of drug-likeness (QED) is 0.704. The third-order valence-electron chi connectivity index (χ3n) is 3.55. The minimum atomic E-state index is 0.777. The average molecular weight is 248 g/mol. The van der Waals surface area contributed by atoms with E-state index in [2.05, 4.69) is 32.0 Å². The molecule has 1 aromatic heterocycles. The molecule has 0 aliphatic heterocycles. The molecule has 0 amide bonds. The number of rotatable bonds is 1. The van der Waals surface area contributed by atoms with Gasteiger partial charge < -0.3 is 5.73 Å². The van der Waals surface area contributed by atoms with Crippen molar-refractivity contribution in [1.82, 2.24) is 4.98 Å². The Kier molecular flexibility index (Phi) is 2.71. The second kappa shape index (κ2) is 4.39. The molecule has 0 bridgehead atoms. The van der Waals surface area contributed by atoms with Gasteiger partial charge in [0.25, 0.3) is 0 Å². The van der Waals surface area contributed by atoms with Gasteiger partial charge >= 0.3 is 0 Å². The SMILES string of the molecule is Cc1ccc(-c2cc(N)c3ccccc3n2)cc1C. The van der Waals surface area contributed by atoms with Gasteiger partial charge in [0.1, 0.15) is 0 Å². The van der Waals surface area contributed by atoms with Crippen LogP contribution in [0.3, 0.4) is 0 Å². The number of hydrogen-bond acceptors (Lipinski definition) is 2. The molecule has 0 spiro atoms. The third kappa shape index (κ3) is 2.06. The maximum absolute atomic E-state index is 6.12. The van der Waals surface area contributed by atoms with Crippen LogP contribution in [0.1, 0.15) is 11.1 Å². The van der Waals surface area contributed by atoms with Crippen LogP contribution in [0.25, 0.3) is 22.2 Å². The molecule has 2 nitrogen and oxygen atoms in total. The van der Waals surface area contributed by atoms with Crippen LogP contribution in [0.5, 0.6) is 0 Å². The van der Waals surface area contributed by atoms with Crippen molar-refractivity contribution < 1.29 is 0 Å². The van der Waals surface area contributed by atoms with Crippen molar-refractivity contribution in [3.8, 4) is 11.3 Å². The van der Waals surface area contributed by atoms with Crippen LogP contribution in [0.15, 0.2) is 48.5 Å². The first-order valence-electron chi connectivity index (χ1n) is 6.38. The number of benzene rings is 2. The number of aryl methyl sites for hydroxylation is 2. The van der Waals surface area contributed by atoms with Crippen LogP contribution < -0.4 is 5.73 Å². The van der Waals surface area contributed by atoms with Crippen molar-refractivity contribution in [1.29, 1.82) is 0 Å². The van der Waals surface area contributed by atoms with Gasteiger partial charge in [-0.15, -0.1) is 0 Å². The van der Waals surface area contributed by atoms with Gasteiger partial charge in [0.2, 0.25) is 0 Å². The second-order valence-electron chi connectivity index (χ2n) is 4.91. The largest absolute Gasteiger partial charge is 0.398 e. The minimum Gasteiger partial charge on any atom is -0.398 e. The fourth-order valence-electron chi connectivity index (χ4n) is 2.25. The number of para-hydroxylation sites is 1. The van der Waals surface area contributed by atoms with E-state index >= 15 is 0 Å². The van der Waals surface area contributed by atoms with Gasteiger partial charge in [0, 0.05) is 16.6 Å². The monoisotopic (exact) mass is 248 g/mol. The fraction of sp³-hybridized carbons (Fsp3) is 0.118. The maximum atomic E-state index is 6.12. The molecule has 0 aliphatic rings. The Balaban J connectivity index is 2.22. The zero-order chi connectivity index (χ0) is 13.4. The summed E-state index contributed by atoms with van der Waals surface area (Å²) in [7, 11) is 0. The number of hydrogen-bond donors (Lipinski definition) is 1. The van der Waals surface area contributed by atoms with Crippen molar-refractivity contribution >= 4 is 16.6 Å². The van der Waals surface area contributed by atoms with Crippen molar-refractivity contribution in [2.24, 2.45) is 0 Å². The highest BCUT2D eigenvalue weighted by Crippen LogP contribution is 2.27. The average Bonchev–Trinajstić information content (AvgIpc) is 2.42. The lowest BCUT2D eigenvalue weighted by atomic mass is 10.0. The Morgan fingerprint density at radius 3 is 2.47 bits per heavy atom. The molecular weight excluding hydrogens is 232 g/mol. The van der Waals surface area contributed by atoms with Gasteiger partial charge in [-0.05, 0) is 43.2 Å². The predicted molar refractivity (Wildman–Crippen MR) is 81.1 cm³/mol. The van der Waals surface area contributed by atoms with Gasteiger partial charge in [0.05, 0.1) is 11.2 Å². The molecular formula is C17H16N2. The number of nitrogen functional groups attached to an aromatic ring is 1. The van der Waals surface area contributed by atoms with Crippen molar-refractivity contribution in [3.05, 3.63) is 59.7 Å². The van der Waals surface area contributed by atoms with E-state index in [0.29, 0.717) is 0 Å². The van der Waals surface area contributed by atoms with Crippen LogP contribution in [0, 0.1) is 13.8 Å². The summed E-state index contributed by atoms with van der Waals surface area (Å²) < 4.78 is 0. The van der Waals surface area contributed by atoms with Gasteiger partial charge in [-0.1, -0.05) is 30.3 Å². The summed E-state index contributed by atoms with van der Waals surface area (Å²) >= 11 is 0. The van der Waals surface area contributed by atoms with E-state index in [1.165, 1.54) is 11.1 Å². The van der Waals surface area contributed by atoms with Crippen LogP contribution >= 0.6 is 0 Å². The zero-order valence-corrected chi connectivity index (χ0v) is 11.1. The summed E-state index contributed by atoms with van der Waals surface area (Å²) in [6.07, 6.45) is 0. The molecule has 3 aromatic rings. The molecule has 19 heavy (non-hydrogen) atoms. The highest BCUT2D eigenvalue weighted by atomic mass is 14.7. The normalized spacial score (nSPS) is 10.8. The highest BCUT2D eigenvalue weighted by molar-refractivity contribution is 5.92. The maximum Gasteiger partial charge on any atom is 0.0730 e. The molecule has 0 fully saturated rings. The number of nitrogens with two attached hydrogens (primary N) is 1. The van der Waals surface area contributed by atoms with Crippen LogP contribution in [0.4, 0.5) is 5.69 Å². The molecule has 2 heteroatoms.